The first-order chi connectivity index (χ1) is 25.8. The summed E-state index contributed by atoms with van der Waals surface area (Å²) in [7, 11) is 0. The number of aromatic carboxylic acids is 1. The van der Waals surface area contributed by atoms with Crippen LogP contribution in [0.1, 0.15) is 43.7 Å². The summed E-state index contributed by atoms with van der Waals surface area (Å²) in [4.78, 5) is 41.8. The van der Waals surface area contributed by atoms with Gasteiger partial charge in [-0.1, -0.05) is 73.0 Å². The van der Waals surface area contributed by atoms with Crippen LogP contribution in [0.25, 0.3) is 39.0 Å². The normalized spacial score (nSPS) is 13.0. The molecule has 2 aliphatic heterocycles. The smallest absolute Gasteiger partial charge is 1.00 e. The number of anilines is 1. The SMILES string of the molecule is CCN(CC)c1ccc2c(c1)[OH+]C1=CC(C)C=CC1=C2c1ccccc1.O=C([O-])c1ccccc1-c1c2ccc(=O)cc-2oc2c[c-]ccc12.O=C=O.[H-].[K+].[Na+].[Na+].[OH-]. The van der Waals surface area contributed by atoms with Gasteiger partial charge in [0.25, 0.3) is 11.5 Å². The molecule has 0 bridgehead atoms. The van der Waals surface area contributed by atoms with Crippen LogP contribution in [0.2, 0.25) is 0 Å². The van der Waals surface area contributed by atoms with Crippen molar-refractivity contribution in [1.29, 1.82) is 0 Å². The van der Waals surface area contributed by atoms with Gasteiger partial charge in [0.15, 0.2) is 5.43 Å². The molecule has 1 unspecified atom stereocenters. The number of benzene rings is 5. The van der Waals surface area contributed by atoms with E-state index in [2.05, 4.69) is 98.5 Å². The summed E-state index contributed by atoms with van der Waals surface area (Å²) < 4.78 is 10.8. The van der Waals surface area contributed by atoms with Gasteiger partial charge < -0.3 is 30.9 Å². The zero-order valence-electron chi connectivity index (χ0n) is 33.9. The zero-order chi connectivity index (χ0) is 37.5. The fraction of sp³-hybridized carbons (Fsp3) is 0.133. The van der Waals surface area contributed by atoms with E-state index in [1.54, 1.807) is 36.4 Å². The number of carboxylic acids is 1. The number of hydrogen-bond donors (Lipinski definition) is 0. The maximum absolute atomic E-state index is 11.7. The van der Waals surface area contributed by atoms with Crippen LogP contribution in [-0.2, 0) is 9.59 Å². The van der Waals surface area contributed by atoms with Crippen LogP contribution in [0.4, 0.5) is 5.69 Å². The van der Waals surface area contributed by atoms with Crippen LogP contribution >= 0.6 is 0 Å². The van der Waals surface area contributed by atoms with Gasteiger partial charge in [-0.25, -0.2) is 0 Å². The third-order valence-electron chi connectivity index (χ3n) is 9.17. The summed E-state index contributed by atoms with van der Waals surface area (Å²) >= 11 is 0. The molecule has 57 heavy (non-hydrogen) atoms. The minimum atomic E-state index is -1.25. The number of rotatable bonds is 6. The molecule has 0 saturated heterocycles. The fourth-order valence-electron chi connectivity index (χ4n) is 6.77. The number of ether oxygens (including phenoxy) is 1. The topological polar surface area (TPSA) is 151 Å². The van der Waals surface area contributed by atoms with E-state index in [0.29, 0.717) is 34.0 Å². The number of carbonyl (C=O) groups is 1. The number of nitrogens with zero attached hydrogens (tertiary/aromatic N) is 1. The number of aromatic hydroxyl groups is 1. The van der Waals surface area contributed by atoms with Crippen molar-refractivity contribution in [3.05, 3.63) is 172 Å². The van der Waals surface area contributed by atoms with Gasteiger partial charge in [0.2, 0.25) is 0 Å². The van der Waals surface area contributed by atoms with Gasteiger partial charge in [0.1, 0.15) is 5.76 Å². The van der Waals surface area contributed by atoms with Crippen LogP contribution in [0, 0.1) is 12.0 Å². The molecule has 0 spiro atoms. The molecule has 2 N–H and O–H groups in total. The number of allylic oxidation sites excluding steroid dienone is 3. The number of hydrogen-bond acceptors (Lipinski definition) is 8. The minimum Gasteiger partial charge on any atom is -1.00 e. The van der Waals surface area contributed by atoms with Gasteiger partial charge in [-0.05, 0) is 60.9 Å². The molecule has 4 aromatic rings. The third kappa shape index (κ3) is 11.3. The molecule has 2 heterocycles. The van der Waals surface area contributed by atoms with Crippen LogP contribution in [0.3, 0.4) is 0 Å². The summed E-state index contributed by atoms with van der Waals surface area (Å²) in [6, 6.07) is 36.6. The largest absolute Gasteiger partial charge is 1.00 e. The van der Waals surface area contributed by atoms with Gasteiger partial charge in [-0.2, -0.15) is 27.8 Å². The Balaban J connectivity index is 0.000000504. The number of fused-ring (bicyclic) bond motifs is 4. The third-order valence-corrected chi connectivity index (χ3v) is 9.17. The molecule has 0 saturated carbocycles. The van der Waals surface area contributed by atoms with E-state index in [1.165, 1.54) is 46.2 Å². The number of carboxylic acid groups (broad SMARTS) is 1. The standard InChI is InChI=1S/C24H25NO.C20H11O4.CO2.K.2Na.H2O.H/c1-4-25(5-2)19-12-14-21-23(16-19)26-22-15-17(3)11-13-20(22)24(21)18-9-7-6-8-10-18;21-12-9-10-16-18(11-12)24-17-8-4-3-7-15(17)19(16)13-5-1-2-6-14(13)20(22)23;2-1-3;;;;;/h6-17H,4-5H2,1-3H3;1-3,5-11H,(H,22,23);;;;;1H2;/q;-1;;3*+1;;-1/p-1. The quantitative estimate of drug-likeness (QED) is 0.0880. The Kier molecular flexibility index (Phi) is 20.5. The van der Waals surface area contributed by atoms with Gasteiger partial charge in [0.05, 0.1) is 23.2 Å². The molecule has 4 aromatic carbocycles. The first-order valence-electron chi connectivity index (χ1n) is 17.3. The van der Waals surface area contributed by atoms with Crippen molar-refractivity contribution in [3.8, 4) is 28.2 Å². The van der Waals surface area contributed by atoms with Gasteiger partial charge >= 0.3 is 117 Å². The van der Waals surface area contributed by atoms with Gasteiger partial charge in [0, 0.05) is 59.1 Å². The molecule has 8 rings (SSSR count). The van der Waals surface area contributed by atoms with Crippen molar-refractivity contribution in [2.24, 2.45) is 5.92 Å². The van der Waals surface area contributed by atoms with E-state index in [1.807, 2.05) is 6.07 Å². The first-order valence-corrected chi connectivity index (χ1v) is 17.3. The van der Waals surface area contributed by atoms with E-state index < -0.39 is 5.97 Å². The van der Waals surface area contributed by atoms with Crippen molar-refractivity contribution < 1.29 is 146 Å². The van der Waals surface area contributed by atoms with E-state index in [-0.39, 0.29) is 135 Å². The Labute approximate surface area is 419 Å². The molecule has 0 aromatic heterocycles. The predicted octanol–water partition coefficient (Wildman–Crippen LogP) is -1.23. The van der Waals surface area contributed by atoms with Crippen molar-refractivity contribution in [3.63, 3.8) is 0 Å². The molecule has 2 aliphatic carbocycles. The monoisotopic (exact) mass is 805 g/mol. The minimum absolute atomic E-state index is 0. The number of aliphatic hydroxyl groups is 1. The molecular formula is C45H38KNNa2O8. The average Bonchev–Trinajstić information content (AvgIpc) is 3.17. The van der Waals surface area contributed by atoms with Crippen LogP contribution in [-0.4, -0.2) is 35.4 Å². The Morgan fingerprint density at radius 3 is 2.26 bits per heavy atom. The van der Waals surface area contributed by atoms with E-state index >= 15 is 0 Å². The molecule has 4 aliphatic rings. The maximum atomic E-state index is 11.7. The molecule has 12 heteroatoms. The molecule has 1 atom stereocenters. The predicted molar refractivity (Wildman–Crippen MR) is 206 cm³/mol. The van der Waals surface area contributed by atoms with Crippen molar-refractivity contribution in [2.45, 2.75) is 20.8 Å². The molecule has 0 amide bonds. The van der Waals surface area contributed by atoms with E-state index in [0.717, 1.165) is 30.0 Å². The Bertz CT molecular complexity index is 2480. The second-order valence-corrected chi connectivity index (χ2v) is 12.4. The Hall–Kier alpha value is -3.16. The van der Waals surface area contributed by atoms with Crippen molar-refractivity contribution >= 4 is 34.4 Å². The Morgan fingerprint density at radius 2 is 1.58 bits per heavy atom. The molecule has 0 radical (unpaired) electrons. The number of carbonyl (C=O) groups excluding carboxylic acids is 3. The second-order valence-electron chi connectivity index (χ2n) is 12.4. The summed E-state index contributed by atoms with van der Waals surface area (Å²) in [5.74, 6) is 1.74. The van der Waals surface area contributed by atoms with E-state index in [4.69, 9.17) is 18.7 Å². The van der Waals surface area contributed by atoms with Gasteiger partial charge in [-0.3, -0.25) is 4.79 Å². The van der Waals surface area contributed by atoms with Crippen molar-refractivity contribution in [1.82, 2.24) is 0 Å². The summed E-state index contributed by atoms with van der Waals surface area (Å²) in [6.07, 6.45) is 7.02. The summed E-state index contributed by atoms with van der Waals surface area (Å²) in [5.41, 5.74) is 8.56. The molecular weight excluding hydrogens is 768 g/mol. The Morgan fingerprint density at radius 1 is 0.912 bits per heavy atom. The molecule has 0 fully saturated rings. The second kappa shape index (κ2) is 23.4. The van der Waals surface area contributed by atoms with Gasteiger partial charge in [-0.15, -0.1) is 6.07 Å². The summed E-state index contributed by atoms with van der Waals surface area (Å²) in [5, 5.41) is 12.3. The molecule has 274 valence electrons. The van der Waals surface area contributed by atoms with Crippen LogP contribution < -0.4 is 126 Å². The summed E-state index contributed by atoms with van der Waals surface area (Å²) in [6.45, 7) is 8.61. The van der Waals surface area contributed by atoms with E-state index in [9.17, 15) is 14.7 Å². The van der Waals surface area contributed by atoms with Crippen LogP contribution in [0.5, 0.6) is 5.75 Å². The zero-order valence-corrected chi connectivity index (χ0v) is 40.0. The van der Waals surface area contributed by atoms with Crippen LogP contribution in [0.15, 0.2) is 148 Å². The van der Waals surface area contributed by atoms with Crippen molar-refractivity contribution in [2.75, 3.05) is 18.0 Å². The average molecular weight is 806 g/mol. The fourth-order valence-corrected chi connectivity index (χ4v) is 6.77. The molecule has 9 nitrogen and oxygen atoms in total. The maximum Gasteiger partial charge on any atom is 1.00 e. The first kappa shape index (κ1) is 50.0.